The fourth-order valence-electron chi connectivity index (χ4n) is 17.6. The maximum Gasteiger partial charge on any atom is 0.187 e. The van der Waals surface area contributed by atoms with Gasteiger partial charge in [0.2, 0.25) is 0 Å². The van der Waals surface area contributed by atoms with Gasteiger partial charge in [0.15, 0.2) is 31.5 Å². The van der Waals surface area contributed by atoms with Crippen LogP contribution in [0.5, 0.6) is 0 Å². The monoisotopic (exact) mass is 1270 g/mol. The van der Waals surface area contributed by atoms with E-state index in [2.05, 4.69) is 40.7 Å². The Morgan fingerprint density at radius 1 is 0.477 bits per heavy atom. The minimum atomic E-state index is -1.89. The molecule has 510 valence electrons. The van der Waals surface area contributed by atoms with Crippen molar-refractivity contribution in [2.45, 2.75) is 285 Å². The zero-order valence-electron chi connectivity index (χ0n) is 51.5. The van der Waals surface area contributed by atoms with E-state index >= 15 is 0 Å². The Kier molecular flexibility index (Phi) is 22.1. The molecule has 9 rings (SSSR count). The van der Waals surface area contributed by atoms with Crippen molar-refractivity contribution in [3.05, 3.63) is 11.6 Å². The molecule has 0 amide bonds. The third-order valence-corrected chi connectivity index (χ3v) is 23.0. The van der Waals surface area contributed by atoms with Crippen molar-refractivity contribution in [1.82, 2.24) is 0 Å². The van der Waals surface area contributed by atoms with E-state index in [1.165, 1.54) is 0 Å². The lowest BCUT2D eigenvalue weighted by molar-refractivity contribution is -0.378. The van der Waals surface area contributed by atoms with Crippen molar-refractivity contribution < 1.29 is 139 Å². The van der Waals surface area contributed by atoms with Crippen LogP contribution in [0.4, 0.5) is 0 Å². The van der Waals surface area contributed by atoms with E-state index < -0.39 is 215 Å². The number of hydrogen-bond donors (Lipinski definition) is 18. The van der Waals surface area contributed by atoms with Crippen LogP contribution in [0.25, 0.3) is 0 Å². The Labute approximate surface area is 512 Å². The zero-order chi connectivity index (χ0) is 64.7. The van der Waals surface area contributed by atoms with Gasteiger partial charge >= 0.3 is 0 Å². The topological polar surface area (TPSA) is 456 Å². The average Bonchev–Trinajstić information content (AvgIpc) is 1.58. The molecule has 28 nitrogen and oxygen atoms in total. The summed E-state index contributed by atoms with van der Waals surface area (Å²) < 4.78 is 60.4. The first-order valence-electron chi connectivity index (χ1n) is 31.4. The van der Waals surface area contributed by atoms with Gasteiger partial charge in [0, 0.05) is 0 Å². The van der Waals surface area contributed by atoms with Crippen molar-refractivity contribution in [3.8, 4) is 0 Å². The van der Waals surface area contributed by atoms with Crippen LogP contribution in [0.3, 0.4) is 0 Å². The number of aliphatic hydroxyl groups is 18. The molecule has 4 saturated carbocycles. The summed E-state index contributed by atoms with van der Waals surface area (Å²) in [5, 5.41) is 195. The molecule has 10 unspecified atom stereocenters. The number of aliphatic hydroxyl groups excluding tert-OH is 18. The van der Waals surface area contributed by atoms with Gasteiger partial charge in [-0.1, -0.05) is 46.3 Å². The van der Waals surface area contributed by atoms with Crippen molar-refractivity contribution in [2.75, 3.05) is 33.0 Å². The molecule has 28 heteroatoms. The molecule has 4 aliphatic carbocycles. The maximum absolute atomic E-state index is 12.9. The minimum Gasteiger partial charge on any atom is -0.394 e. The molecule has 5 heterocycles. The average molecular weight is 1270 g/mol. The lowest BCUT2D eigenvalue weighted by Crippen LogP contribution is -2.68. The third kappa shape index (κ3) is 12.7. The van der Waals surface area contributed by atoms with Gasteiger partial charge in [-0.2, -0.15) is 0 Å². The van der Waals surface area contributed by atoms with Crippen LogP contribution in [0.15, 0.2) is 11.6 Å². The molecule has 9 aliphatic rings. The summed E-state index contributed by atoms with van der Waals surface area (Å²) in [6.07, 6.45) is -35.3. The summed E-state index contributed by atoms with van der Waals surface area (Å²) in [5.74, 6) is -0.658. The number of fused-ring (bicyclic) bond motifs is 5. The zero-order valence-corrected chi connectivity index (χ0v) is 51.5. The van der Waals surface area contributed by atoms with E-state index in [4.69, 9.17) is 47.4 Å². The Bertz CT molecular complexity index is 2320. The van der Waals surface area contributed by atoms with Crippen LogP contribution in [-0.2, 0) is 47.4 Å². The SMILES string of the molecule is CC(C)=CCCC(C)(O[C@@H]1O[C@H](CO[C@@H]2O[C@H](CO[C@@H]3O[C@H](CO)[C@@H](O)[C@H](O)[C@H]3O)[C@@H](O)[C@H](O)[C@H]2O)[C@@H](O)[C@H](O)[C@H]1O)C1CCC2(C)C1C(O)CC1C3(C)CCC(O[C@@H]4O[C@H](CO)[C@@H](O)[C@H](O)[C@H]4O[C@@H]4O[C@H](CO)[C@@H](O)[C@H](O)[C@H]4O)C(C)(C)C3CCC12C. The molecule has 5 saturated heterocycles. The Hall–Kier alpha value is -1.38. The molecule has 18 N–H and O–H groups in total. The van der Waals surface area contributed by atoms with E-state index in [1.54, 1.807) is 0 Å². The van der Waals surface area contributed by atoms with Crippen LogP contribution in [0.2, 0.25) is 0 Å². The third-order valence-electron chi connectivity index (χ3n) is 23.0. The summed E-state index contributed by atoms with van der Waals surface area (Å²) in [5.41, 5.74) is -1.86. The second kappa shape index (κ2) is 27.4. The first-order chi connectivity index (χ1) is 41.2. The van der Waals surface area contributed by atoms with E-state index in [0.717, 1.165) is 18.4 Å². The molecule has 9 fully saturated rings. The second-order valence-electron chi connectivity index (χ2n) is 28.6. The highest BCUT2D eigenvalue weighted by Crippen LogP contribution is 2.76. The van der Waals surface area contributed by atoms with E-state index in [-0.39, 0.29) is 34.5 Å². The minimum absolute atomic E-state index is 0.00190. The predicted molar refractivity (Wildman–Crippen MR) is 299 cm³/mol. The first-order valence-corrected chi connectivity index (χ1v) is 31.4. The first kappa shape index (κ1) is 70.9. The number of allylic oxidation sites excluding steroid dienone is 2. The normalized spacial score (nSPS) is 52.9. The van der Waals surface area contributed by atoms with Gasteiger partial charge in [0.05, 0.1) is 50.8 Å². The van der Waals surface area contributed by atoms with E-state index in [1.807, 2.05) is 20.8 Å². The van der Waals surface area contributed by atoms with Gasteiger partial charge < -0.3 is 139 Å². The summed E-state index contributed by atoms with van der Waals surface area (Å²) in [4.78, 5) is 0. The molecule has 0 aromatic rings. The molecule has 0 aromatic carbocycles. The van der Waals surface area contributed by atoms with Gasteiger partial charge in [0.1, 0.15) is 122 Å². The van der Waals surface area contributed by atoms with Crippen LogP contribution in [0, 0.1) is 45.3 Å². The Morgan fingerprint density at radius 2 is 0.920 bits per heavy atom. The van der Waals surface area contributed by atoms with Crippen molar-refractivity contribution in [3.63, 3.8) is 0 Å². The molecule has 5 aliphatic heterocycles. The number of ether oxygens (including phenoxy) is 10. The largest absolute Gasteiger partial charge is 0.394 e. The van der Waals surface area contributed by atoms with Crippen molar-refractivity contribution in [1.29, 1.82) is 0 Å². The lowest BCUT2D eigenvalue weighted by atomic mass is 9.35. The standard InChI is InChI=1S/C60H102O28/c1-24(2)10-9-14-60(8,88-54-49(78)44(73)40(69)31(85-54)23-80-52-47(76)43(72)39(68)30(84-52)22-79-51-46(75)41(70)36(65)27(19-61)81-51)25-11-16-59(7)35(25)26(64)18-33-57(5)15-13-34(56(3,4)32(57)12-17-58(33,59)6)86-55-50(45(74)38(67)29(21-63)83-55)87-53-48(77)42(71)37(66)28(20-62)82-53/h10,25-55,61-78H,9,11-23H2,1-8H3/t25?,26?,27-,28-,29-,30-,31-,32?,33?,34?,35?,36-,37-,38-,39-,40-,41+,42+,43+,44+,45+,46-,47-,48-,49-,50-,51-,52-,53+,54+,55+,57?,58?,59?,60?/m1/s1. The molecule has 0 radical (unpaired) electrons. The summed E-state index contributed by atoms with van der Waals surface area (Å²) in [7, 11) is 0. The molecule has 0 bridgehead atoms. The summed E-state index contributed by atoms with van der Waals surface area (Å²) in [6, 6.07) is 0. The highest BCUT2D eigenvalue weighted by atomic mass is 16.8. The van der Waals surface area contributed by atoms with Crippen LogP contribution >= 0.6 is 0 Å². The second-order valence-corrected chi connectivity index (χ2v) is 28.6. The van der Waals surface area contributed by atoms with E-state index in [0.29, 0.717) is 44.9 Å². The summed E-state index contributed by atoms with van der Waals surface area (Å²) >= 11 is 0. The van der Waals surface area contributed by atoms with E-state index in [9.17, 15) is 91.9 Å². The highest BCUT2D eigenvalue weighted by Gasteiger charge is 2.72. The summed E-state index contributed by atoms with van der Waals surface area (Å²) in [6.45, 7) is 13.6. The predicted octanol–water partition coefficient (Wildman–Crippen LogP) is -4.38. The molecular weight excluding hydrogens is 1170 g/mol. The lowest BCUT2D eigenvalue weighted by Gasteiger charge is -2.71. The van der Waals surface area contributed by atoms with Gasteiger partial charge in [-0.3, -0.25) is 0 Å². The fraction of sp³-hybridized carbons (Fsp3) is 0.967. The van der Waals surface area contributed by atoms with Crippen LogP contribution in [0.1, 0.15) is 113 Å². The molecule has 0 aromatic heterocycles. The molecule has 0 spiro atoms. The van der Waals surface area contributed by atoms with Crippen LogP contribution in [-0.4, -0.2) is 296 Å². The fourth-order valence-corrected chi connectivity index (χ4v) is 17.6. The van der Waals surface area contributed by atoms with Gasteiger partial charge in [0.25, 0.3) is 0 Å². The Morgan fingerprint density at radius 3 is 1.44 bits per heavy atom. The molecule has 35 atom stereocenters. The van der Waals surface area contributed by atoms with Gasteiger partial charge in [-0.15, -0.1) is 0 Å². The smallest absolute Gasteiger partial charge is 0.187 e. The van der Waals surface area contributed by atoms with Crippen molar-refractivity contribution >= 4 is 0 Å². The van der Waals surface area contributed by atoms with Crippen molar-refractivity contribution in [2.24, 2.45) is 45.3 Å². The van der Waals surface area contributed by atoms with Crippen LogP contribution < -0.4 is 0 Å². The number of hydrogen-bond acceptors (Lipinski definition) is 28. The quantitative estimate of drug-likeness (QED) is 0.0429. The number of rotatable bonds is 19. The maximum atomic E-state index is 12.9. The van der Waals surface area contributed by atoms with Gasteiger partial charge in [-0.05, 0) is 124 Å². The molecule has 88 heavy (non-hydrogen) atoms. The molecular formula is C60H102O28. The highest BCUT2D eigenvalue weighted by molar-refractivity contribution is 5.21. The Balaban J connectivity index is 0.899. The van der Waals surface area contributed by atoms with Gasteiger partial charge in [-0.25, -0.2) is 0 Å².